The lowest BCUT2D eigenvalue weighted by atomic mass is 10.0. The van der Waals surface area contributed by atoms with Crippen LogP contribution in [0.2, 0.25) is 0 Å². The molecule has 0 saturated carbocycles. The molecule has 0 N–H and O–H groups in total. The molecule has 0 amide bonds. The van der Waals surface area contributed by atoms with Crippen molar-refractivity contribution in [1.29, 1.82) is 0 Å². The van der Waals surface area contributed by atoms with Crippen molar-refractivity contribution in [2.45, 2.75) is 12.5 Å². The summed E-state index contributed by atoms with van der Waals surface area (Å²) >= 11 is 1.55. The van der Waals surface area contributed by atoms with Gasteiger partial charge in [-0.05, 0) is 29.1 Å². The fourth-order valence-corrected chi connectivity index (χ4v) is 4.32. The Bertz CT molecular complexity index is 860. The summed E-state index contributed by atoms with van der Waals surface area (Å²) in [7, 11) is -0.364. The van der Waals surface area contributed by atoms with Gasteiger partial charge < -0.3 is 9.47 Å². The zero-order chi connectivity index (χ0) is 17.3. The molecule has 0 saturated heterocycles. The summed E-state index contributed by atoms with van der Waals surface area (Å²) in [6.45, 7) is 0. The average Bonchev–Trinajstić information content (AvgIpc) is 3.22. The zero-order valence-electron chi connectivity index (χ0n) is 13.6. The fourth-order valence-electron chi connectivity index (χ4n) is 2.69. The monoisotopic (exact) mass is 366 g/mol. The van der Waals surface area contributed by atoms with Gasteiger partial charge in [-0.1, -0.05) is 12.1 Å². The number of methoxy groups -OCH3 is 2. The van der Waals surface area contributed by atoms with Crippen LogP contribution >= 0.6 is 11.3 Å². The van der Waals surface area contributed by atoms with Crippen molar-refractivity contribution < 1.29 is 17.9 Å². The van der Waals surface area contributed by atoms with E-state index in [-0.39, 0.29) is 0 Å². The Morgan fingerprint density at radius 2 is 1.96 bits per heavy atom. The summed E-state index contributed by atoms with van der Waals surface area (Å²) in [5, 5.41) is 6.31. The number of benzene rings is 1. The quantitative estimate of drug-likeness (QED) is 0.816. The van der Waals surface area contributed by atoms with Crippen LogP contribution in [0.25, 0.3) is 0 Å². The van der Waals surface area contributed by atoms with E-state index in [4.69, 9.17) is 9.47 Å². The van der Waals surface area contributed by atoms with Gasteiger partial charge in [0.2, 0.25) is 10.0 Å². The first-order valence-electron chi connectivity index (χ1n) is 7.26. The summed E-state index contributed by atoms with van der Waals surface area (Å²) in [6.07, 6.45) is 1.69. The van der Waals surface area contributed by atoms with Crippen molar-refractivity contribution in [3.63, 3.8) is 0 Å². The van der Waals surface area contributed by atoms with Gasteiger partial charge in [0.05, 0.1) is 37.1 Å². The molecule has 128 valence electrons. The second-order valence-electron chi connectivity index (χ2n) is 5.39. The molecule has 0 fully saturated rings. The second kappa shape index (κ2) is 6.45. The highest BCUT2D eigenvalue weighted by atomic mass is 32.2. The van der Waals surface area contributed by atoms with Crippen LogP contribution in [0.4, 0.5) is 0 Å². The van der Waals surface area contributed by atoms with Crippen LogP contribution in [0, 0.1) is 0 Å². The van der Waals surface area contributed by atoms with Gasteiger partial charge in [0, 0.05) is 6.42 Å². The second-order valence-corrected chi connectivity index (χ2v) is 8.18. The molecule has 2 heterocycles. The highest BCUT2D eigenvalue weighted by molar-refractivity contribution is 7.88. The SMILES string of the molecule is COc1ccc([C@@H]2CC(c3cccs3)=NN2S(C)(=O)=O)cc1OC. The third kappa shape index (κ3) is 3.11. The Morgan fingerprint density at radius 1 is 1.21 bits per heavy atom. The number of nitrogens with zero attached hydrogens (tertiary/aromatic N) is 2. The molecule has 0 spiro atoms. The molecule has 24 heavy (non-hydrogen) atoms. The fraction of sp³-hybridized carbons (Fsp3) is 0.312. The van der Waals surface area contributed by atoms with Crippen LogP contribution in [0.15, 0.2) is 40.8 Å². The first-order valence-corrected chi connectivity index (χ1v) is 9.99. The first-order chi connectivity index (χ1) is 11.4. The summed E-state index contributed by atoms with van der Waals surface area (Å²) < 4.78 is 36.1. The van der Waals surface area contributed by atoms with E-state index in [1.807, 2.05) is 23.6 Å². The van der Waals surface area contributed by atoms with Crippen molar-refractivity contribution >= 4 is 27.1 Å². The number of hydrogen-bond donors (Lipinski definition) is 0. The smallest absolute Gasteiger partial charge is 0.247 e. The van der Waals surface area contributed by atoms with Crippen LogP contribution in [0.3, 0.4) is 0 Å². The minimum absolute atomic E-state index is 0.392. The molecule has 0 radical (unpaired) electrons. The van der Waals surface area contributed by atoms with Crippen LogP contribution in [0.5, 0.6) is 11.5 Å². The Hall–Kier alpha value is -2.06. The molecule has 1 aliphatic heterocycles. The lowest BCUT2D eigenvalue weighted by molar-refractivity contribution is 0.349. The van der Waals surface area contributed by atoms with E-state index in [9.17, 15) is 8.42 Å². The van der Waals surface area contributed by atoms with E-state index in [2.05, 4.69) is 5.10 Å². The number of rotatable bonds is 5. The Kier molecular flexibility index (Phi) is 4.51. The number of ether oxygens (including phenoxy) is 2. The van der Waals surface area contributed by atoms with Gasteiger partial charge in [-0.15, -0.1) is 11.3 Å². The summed E-state index contributed by atoms with van der Waals surface area (Å²) in [5.41, 5.74) is 1.59. The van der Waals surface area contributed by atoms with E-state index in [1.165, 1.54) is 10.7 Å². The summed E-state index contributed by atoms with van der Waals surface area (Å²) in [6, 6.07) is 8.90. The van der Waals surface area contributed by atoms with E-state index >= 15 is 0 Å². The summed E-state index contributed by atoms with van der Waals surface area (Å²) in [5.74, 6) is 1.16. The van der Waals surface area contributed by atoms with Crippen molar-refractivity contribution in [1.82, 2.24) is 4.41 Å². The predicted molar refractivity (Wildman–Crippen MR) is 94.4 cm³/mol. The molecule has 1 aromatic heterocycles. The molecule has 1 atom stereocenters. The zero-order valence-corrected chi connectivity index (χ0v) is 15.2. The van der Waals surface area contributed by atoms with Crippen LogP contribution in [-0.2, 0) is 10.0 Å². The van der Waals surface area contributed by atoms with Crippen LogP contribution < -0.4 is 9.47 Å². The van der Waals surface area contributed by atoms with Crippen molar-refractivity contribution in [3.8, 4) is 11.5 Å². The summed E-state index contributed by atoms with van der Waals surface area (Å²) in [4.78, 5) is 0.978. The van der Waals surface area contributed by atoms with Gasteiger partial charge in [0.25, 0.3) is 0 Å². The topological polar surface area (TPSA) is 68.2 Å². The average molecular weight is 366 g/mol. The van der Waals surface area contributed by atoms with Crippen molar-refractivity contribution in [3.05, 3.63) is 46.2 Å². The lowest BCUT2D eigenvalue weighted by Gasteiger charge is -2.22. The van der Waals surface area contributed by atoms with Crippen molar-refractivity contribution in [2.24, 2.45) is 5.10 Å². The highest BCUT2D eigenvalue weighted by Gasteiger charge is 2.35. The standard InChI is InChI=1S/C16H18N2O4S2/c1-21-14-7-6-11(9-15(14)22-2)13-10-12(16-5-4-8-23-16)17-18(13)24(3,19)20/h4-9,13H,10H2,1-3H3/t13-/m0/s1. The molecule has 8 heteroatoms. The van der Waals surface area contributed by atoms with E-state index in [1.54, 1.807) is 37.7 Å². The third-order valence-electron chi connectivity index (χ3n) is 3.81. The van der Waals surface area contributed by atoms with E-state index < -0.39 is 16.1 Å². The third-order valence-corrected chi connectivity index (χ3v) is 5.74. The largest absolute Gasteiger partial charge is 0.493 e. The van der Waals surface area contributed by atoms with Gasteiger partial charge in [0.15, 0.2) is 11.5 Å². The molecular weight excluding hydrogens is 348 g/mol. The number of hydrazone groups is 1. The molecule has 1 aliphatic rings. The Balaban J connectivity index is 2.01. The molecule has 0 bridgehead atoms. The maximum absolute atomic E-state index is 12.2. The van der Waals surface area contributed by atoms with Gasteiger partial charge >= 0.3 is 0 Å². The molecule has 1 aromatic carbocycles. The molecular formula is C16H18N2O4S2. The van der Waals surface area contributed by atoms with Gasteiger partial charge in [-0.3, -0.25) is 0 Å². The number of sulfonamides is 1. The van der Waals surface area contributed by atoms with E-state index in [0.717, 1.165) is 16.2 Å². The molecule has 2 aromatic rings. The predicted octanol–water partition coefficient (Wildman–Crippen LogP) is 2.88. The normalized spacial score (nSPS) is 17.7. The number of thiophene rings is 1. The number of hydrogen-bond acceptors (Lipinski definition) is 6. The van der Waals surface area contributed by atoms with Gasteiger partial charge in [0.1, 0.15) is 0 Å². The molecule has 0 unspecified atom stereocenters. The lowest BCUT2D eigenvalue weighted by Crippen LogP contribution is -2.25. The molecule has 6 nitrogen and oxygen atoms in total. The van der Waals surface area contributed by atoms with Crippen molar-refractivity contribution in [2.75, 3.05) is 20.5 Å². The molecule has 3 rings (SSSR count). The Morgan fingerprint density at radius 3 is 2.54 bits per heavy atom. The maximum Gasteiger partial charge on any atom is 0.247 e. The minimum Gasteiger partial charge on any atom is -0.493 e. The highest BCUT2D eigenvalue weighted by Crippen LogP contribution is 2.38. The van der Waals surface area contributed by atoms with Gasteiger partial charge in [-0.25, -0.2) is 8.42 Å². The first kappa shape index (κ1) is 16.8. The molecule has 0 aliphatic carbocycles. The van der Waals surface area contributed by atoms with Gasteiger partial charge in [-0.2, -0.15) is 9.52 Å². The Labute approximate surface area is 145 Å². The van der Waals surface area contributed by atoms with Crippen LogP contribution in [-0.4, -0.2) is 39.0 Å². The van der Waals surface area contributed by atoms with E-state index in [0.29, 0.717) is 17.9 Å². The minimum atomic E-state index is -3.48. The van der Waals surface area contributed by atoms with Crippen LogP contribution in [0.1, 0.15) is 22.9 Å². The maximum atomic E-state index is 12.2.